The second-order valence-corrected chi connectivity index (χ2v) is 3.41. The Kier molecular flexibility index (Phi) is 3.60. The van der Waals surface area contributed by atoms with Gasteiger partial charge in [-0.2, -0.15) is 0 Å². The van der Waals surface area contributed by atoms with Gasteiger partial charge in [-0.1, -0.05) is 0 Å². The first-order valence-electron chi connectivity index (χ1n) is 3.72. The fraction of sp³-hybridized carbons (Fsp3) is 0.250. The summed E-state index contributed by atoms with van der Waals surface area (Å²) in [4.78, 5) is 22.5. The van der Waals surface area contributed by atoms with Crippen LogP contribution < -0.4 is 5.32 Å². The third kappa shape index (κ3) is 2.64. The summed E-state index contributed by atoms with van der Waals surface area (Å²) in [5, 5.41) is 10.9. The molecule has 13 heavy (non-hydrogen) atoms. The number of thiophene rings is 1. The SMILES string of the molecule is O=Cc1ccc(C(=O)NCCO)s1. The minimum atomic E-state index is -0.257. The number of carbonyl (C=O) groups excluding carboxylic acids is 2. The number of aliphatic hydroxyl groups is 1. The summed E-state index contributed by atoms with van der Waals surface area (Å²) in [6.07, 6.45) is 0.702. The lowest BCUT2D eigenvalue weighted by atomic mass is 10.4. The second-order valence-electron chi connectivity index (χ2n) is 2.30. The van der Waals surface area contributed by atoms with Crippen LogP contribution in [-0.4, -0.2) is 30.5 Å². The minimum Gasteiger partial charge on any atom is -0.395 e. The zero-order valence-electron chi connectivity index (χ0n) is 6.82. The Morgan fingerprint density at radius 1 is 1.62 bits per heavy atom. The summed E-state index contributed by atoms with van der Waals surface area (Å²) in [7, 11) is 0. The average Bonchev–Trinajstić information content (AvgIpc) is 2.62. The van der Waals surface area contributed by atoms with Crippen molar-refractivity contribution in [2.75, 3.05) is 13.2 Å². The summed E-state index contributed by atoms with van der Waals surface area (Å²) in [5.74, 6) is -0.257. The lowest BCUT2D eigenvalue weighted by Gasteiger charge is -1.98. The monoisotopic (exact) mass is 199 g/mol. The molecule has 0 aliphatic rings. The van der Waals surface area contributed by atoms with Gasteiger partial charge in [0.05, 0.1) is 16.4 Å². The van der Waals surface area contributed by atoms with E-state index in [0.29, 0.717) is 16.0 Å². The summed E-state index contributed by atoms with van der Waals surface area (Å²) >= 11 is 1.13. The van der Waals surface area contributed by atoms with Gasteiger partial charge in [0.1, 0.15) is 0 Å². The van der Waals surface area contributed by atoms with E-state index in [4.69, 9.17) is 5.11 Å². The van der Waals surface area contributed by atoms with Crippen molar-refractivity contribution in [3.63, 3.8) is 0 Å². The van der Waals surface area contributed by atoms with Crippen molar-refractivity contribution in [2.24, 2.45) is 0 Å². The van der Waals surface area contributed by atoms with Gasteiger partial charge in [0.2, 0.25) is 0 Å². The molecular weight excluding hydrogens is 190 g/mol. The third-order valence-electron chi connectivity index (χ3n) is 1.36. The van der Waals surface area contributed by atoms with E-state index in [-0.39, 0.29) is 19.1 Å². The molecule has 0 aliphatic carbocycles. The molecule has 1 aromatic rings. The summed E-state index contributed by atoms with van der Waals surface area (Å²) in [6.45, 7) is 0.144. The molecule has 70 valence electrons. The van der Waals surface area contributed by atoms with E-state index >= 15 is 0 Å². The second kappa shape index (κ2) is 4.74. The highest BCUT2D eigenvalue weighted by Crippen LogP contribution is 2.13. The van der Waals surface area contributed by atoms with Crippen LogP contribution in [0.3, 0.4) is 0 Å². The van der Waals surface area contributed by atoms with Crippen LogP contribution in [0.2, 0.25) is 0 Å². The summed E-state index contributed by atoms with van der Waals surface area (Å²) in [5.41, 5.74) is 0. The molecule has 1 aromatic heterocycles. The largest absolute Gasteiger partial charge is 0.395 e. The van der Waals surface area contributed by atoms with Gasteiger partial charge >= 0.3 is 0 Å². The predicted octanol–water partition coefficient (Wildman–Crippen LogP) is 0.283. The van der Waals surface area contributed by atoms with Crippen LogP contribution in [0.15, 0.2) is 12.1 Å². The molecular formula is C8H9NO3S. The molecule has 0 fully saturated rings. The van der Waals surface area contributed by atoms with E-state index < -0.39 is 0 Å². The zero-order valence-corrected chi connectivity index (χ0v) is 7.63. The maximum absolute atomic E-state index is 11.2. The topological polar surface area (TPSA) is 66.4 Å². The molecule has 4 nitrogen and oxygen atoms in total. The molecule has 5 heteroatoms. The van der Waals surface area contributed by atoms with Gasteiger partial charge in [-0.15, -0.1) is 11.3 Å². The first kappa shape index (κ1) is 9.88. The number of rotatable bonds is 4. The van der Waals surface area contributed by atoms with Gasteiger partial charge < -0.3 is 10.4 Å². The van der Waals surface area contributed by atoms with Gasteiger partial charge in [-0.25, -0.2) is 0 Å². The number of aldehydes is 1. The Morgan fingerprint density at radius 3 is 2.92 bits per heavy atom. The molecule has 0 saturated heterocycles. The maximum atomic E-state index is 11.2. The number of aliphatic hydroxyl groups excluding tert-OH is 1. The van der Waals surface area contributed by atoms with Gasteiger partial charge in [0.25, 0.3) is 5.91 Å². The lowest BCUT2D eigenvalue weighted by Crippen LogP contribution is -2.25. The molecule has 0 bridgehead atoms. The Labute approximate surface area is 79.2 Å². The summed E-state index contributed by atoms with van der Waals surface area (Å²) in [6, 6.07) is 3.17. The molecule has 2 N–H and O–H groups in total. The first-order chi connectivity index (χ1) is 6.27. The summed E-state index contributed by atoms with van der Waals surface area (Å²) < 4.78 is 0. The Bertz CT molecular complexity index is 308. The Hall–Kier alpha value is -1.20. The predicted molar refractivity (Wildman–Crippen MR) is 49.1 cm³/mol. The highest BCUT2D eigenvalue weighted by molar-refractivity contribution is 7.15. The maximum Gasteiger partial charge on any atom is 0.261 e. The van der Waals surface area contributed by atoms with E-state index in [9.17, 15) is 9.59 Å². The average molecular weight is 199 g/mol. The standard InChI is InChI=1S/C8H9NO3S/c10-4-3-9-8(12)7-2-1-6(5-11)13-7/h1-2,5,10H,3-4H2,(H,9,12). The van der Waals surface area contributed by atoms with Gasteiger partial charge in [0.15, 0.2) is 6.29 Å². The van der Waals surface area contributed by atoms with Gasteiger partial charge in [0, 0.05) is 6.54 Å². The van der Waals surface area contributed by atoms with Crippen molar-refractivity contribution in [1.82, 2.24) is 5.32 Å². The smallest absolute Gasteiger partial charge is 0.261 e. The number of amides is 1. The molecule has 1 rings (SSSR count). The van der Waals surface area contributed by atoms with Gasteiger partial charge in [-0.05, 0) is 12.1 Å². The van der Waals surface area contributed by atoms with E-state index in [1.54, 1.807) is 12.1 Å². The van der Waals surface area contributed by atoms with Crippen LogP contribution >= 0.6 is 11.3 Å². The van der Waals surface area contributed by atoms with Crippen LogP contribution in [-0.2, 0) is 0 Å². The molecule has 0 aliphatic heterocycles. The quantitative estimate of drug-likeness (QED) is 0.684. The van der Waals surface area contributed by atoms with Crippen LogP contribution in [0.1, 0.15) is 19.3 Å². The van der Waals surface area contributed by atoms with Crippen LogP contribution in [0.5, 0.6) is 0 Å². The third-order valence-corrected chi connectivity index (χ3v) is 2.37. The van der Waals surface area contributed by atoms with E-state index in [0.717, 1.165) is 11.3 Å². The molecule has 0 atom stereocenters. The number of hydrogen-bond donors (Lipinski definition) is 2. The van der Waals surface area contributed by atoms with Crippen molar-refractivity contribution in [3.05, 3.63) is 21.9 Å². The van der Waals surface area contributed by atoms with Gasteiger partial charge in [-0.3, -0.25) is 9.59 Å². The van der Waals surface area contributed by atoms with E-state index in [1.807, 2.05) is 0 Å². The Balaban J connectivity index is 2.60. The first-order valence-corrected chi connectivity index (χ1v) is 4.53. The van der Waals surface area contributed by atoms with Crippen LogP contribution in [0, 0.1) is 0 Å². The fourth-order valence-electron chi connectivity index (χ4n) is 0.795. The molecule has 0 aromatic carbocycles. The van der Waals surface area contributed by atoms with Crippen molar-refractivity contribution < 1.29 is 14.7 Å². The molecule has 0 spiro atoms. The van der Waals surface area contributed by atoms with Crippen LogP contribution in [0.4, 0.5) is 0 Å². The van der Waals surface area contributed by atoms with E-state index in [2.05, 4.69) is 5.32 Å². The van der Waals surface area contributed by atoms with Crippen LogP contribution in [0.25, 0.3) is 0 Å². The van der Waals surface area contributed by atoms with Crippen molar-refractivity contribution in [3.8, 4) is 0 Å². The number of carbonyl (C=O) groups is 2. The minimum absolute atomic E-state index is 0.0857. The fourth-order valence-corrected chi connectivity index (χ4v) is 1.53. The molecule has 0 saturated carbocycles. The molecule has 1 amide bonds. The highest BCUT2D eigenvalue weighted by atomic mass is 32.1. The Morgan fingerprint density at radius 2 is 2.38 bits per heavy atom. The number of hydrogen-bond acceptors (Lipinski definition) is 4. The van der Waals surface area contributed by atoms with Crippen molar-refractivity contribution in [1.29, 1.82) is 0 Å². The number of nitrogens with one attached hydrogen (secondary N) is 1. The van der Waals surface area contributed by atoms with Crippen molar-refractivity contribution >= 4 is 23.5 Å². The van der Waals surface area contributed by atoms with Crippen molar-refractivity contribution in [2.45, 2.75) is 0 Å². The zero-order chi connectivity index (χ0) is 9.68. The normalized spacial score (nSPS) is 9.62. The van der Waals surface area contributed by atoms with E-state index in [1.165, 1.54) is 0 Å². The highest BCUT2D eigenvalue weighted by Gasteiger charge is 2.07. The molecule has 0 radical (unpaired) electrons. The molecule has 0 unspecified atom stereocenters. The molecule has 1 heterocycles. The lowest BCUT2D eigenvalue weighted by molar-refractivity contribution is 0.0948.